The minimum Gasteiger partial charge on any atom is -0.457 e. The molecule has 0 spiro atoms. The van der Waals surface area contributed by atoms with Gasteiger partial charge < -0.3 is 4.74 Å². The topological polar surface area (TPSA) is 26.3 Å². The first-order valence-electron chi connectivity index (χ1n) is 9.25. The summed E-state index contributed by atoms with van der Waals surface area (Å²) in [5.41, 5.74) is 4.82. The second kappa shape index (κ2) is 7.40. The molecule has 3 aromatic carbocycles. The average molecular weight is 358 g/mol. The largest absolute Gasteiger partial charge is 0.457 e. The van der Waals surface area contributed by atoms with Gasteiger partial charge in [-0.3, -0.25) is 4.79 Å². The Morgan fingerprint density at radius 3 is 1.81 bits per heavy atom. The highest BCUT2D eigenvalue weighted by atomic mass is 16.5. The molecule has 138 valence electrons. The SMILES string of the molecule is Cc1cc(C(C)(C)C)cc(C)c1C(=O)c1ccc(Oc2ccccc2)cc1. The smallest absolute Gasteiger partial charge is 0.193 e. The summed E-state index contributed by atoms with van der Waals surface area (Å²) in [6.45, 7) is 10.6. The Kier molecular flexibility index (Phi) is 5.18. The Hall–Kier alpha value is -2.87. The van der Waals surface area contributed by atoms with Crippen molar-refractivity contribution in [3.63, 3.8) is 0 Å². The molecule has 0 bridgehead atoms. The van der Waals surface area contributed by atoms with Crippen LogP contribution < -0.4 is 4.74 Å². The maximum Gasteiger partial charge on any atom is 0.193 e. The van der Waals surface area contributed by atoms with Crippen LogP contribution in [0.15, 0.2) is 66.7 Å². The number of carbonyl (C=O) groups excluding carboxylic acids is 1. The van der Waals surface area contributed by atoms with Gasteiger partial charge in [0.1, 0.15) is 11.5 Å². The molecule has 0 aliphatic carbocycles. The number of rotatable bonds is 4. The molecule has 0 aromatic heterocycles. The van der Waals surface area contributed by atoms with Crippen LogP contribution in [0.3, 0.4) is 0 Å². The summed E-state index contributed by atoms with van der Waals surface area (Å²) in [5, 5.41) is 0. The molecule has 3 rings (SSSR count). The van der Waals surface area contributed by atoms with E-state index >= 15 is 0 Å². The summed E-state index contributed by atoms with van der Waals surface area (Å²) in [6, 6.07) is 21.2. The van der Waals surface area contributed by atoms with E-state index < -0.39 is 0 Å². The van der Waals surface area contributed by atoms with Gasteiger partial charge in [0.25, 0.3) is 0 Å². The molecule has 0 unspecified atom stereocenters. The van der Waals surface area contributed by atoms with Crippen LogP contribution in [0.1, 0.15) is 53.4 Å². The lowest BCUT2D eigenvalue weighted by Gasteiger charge is -2.22. The van der Waals surface area contributed by atoms with Crippen molar-refractivity contribution in [3.05, 3.63) is 94.5 Å². The second-order valence-corrected chi connectivity index (χ2v) is 8.00. The molecule has 0 heterocycles. The van der Waals surface area contributed by atoms with Crippen LogP contribution in [-0.2, 0) is 5.41 Å². The van der Waals surface area contributed by atoms with E-state index in [-0.39, 0.29) is 11.2 Å². The first-order chi connectivity index (χ1) is 12.8. The highest BCUT2D eigenvalue weighted by molar-refractivity contribution is 6.10. The van der Waals surface area contributed by atoms with E-state index in [1.54, 1.807) is 0 Å². The average Bonchev–Trinajstić information content (AvgIpc) is 2.61. The first-order valence-corrected chi connectivity index (χ1v) is 9.25. The molecule has 0 saturated carbocycles. The number of benzene rings is 3. The third-order valence-corrected chi connectivity index (χ3v) is 4.72. The molecule has 27 heavy (non-hydrogen) atoms. The van der Waals surface area contributed by atoms with Gasteiger partial charge in [0.05, 0.1) is 0 Å². The molecule has 2 heteroatoms. The Balaban J connectivity index is 1.86. The van der Waals surface area contributed by atoms with Gasteiger partial charge in [0, 0.05) is 11.1 Å². The fourth-order valence-corrected chi connectivity index (χ4v) is 3.20. The third-order valence-electron chi connectivity index (χ3n) is 4.72. The highest BCUT2D eigenvalue weighted by Gasteiger charge is 2.20. The minimum atomic E-state index is 0.0525. The van der Waals surface area contributed by atoms with E-state index in [1.807, 2.05) is 68.4 Å². The normalized spacial score (nSPS) is 11.3. The van der Waals surface area contributed by atoms with E-state index in [9.17, 15) is 4.79 Å². The molecular weight excluding hydrogens is 332 g/mol. The van der Waals surface area contributed by atoms with Crippen molar-refractivity contribution in [1.82, 2.24) is 0 Å². The quantitative estimate of drug-likeness (QED) is 0.490. The van der Waals surface area contributed by atoms with E-state index in [0.717, 1.165) is 22.4 Å². The van der Waals surface area contributed by atoms with E-state index in [4.69, 9.17) is 4.74 Å². The number of ketones is 1. The highest BCUT2D eigenvalue weighted by Crippen LogP contribution is 2.29. The molecule has 0 radical (unpaired) electrons. The molecular formula is C25H26O2. The summed E-state index contributed by atoms with van der Waals surface area (Å²) in [5.74, 6) is 1.55. The van der Waals surface area contributed by atoms with Crippen LogP contribution in [0.5, 0.6) is 11.5 Å². The predicted molar refractivity (Wildman–Crippen MR) is 111 cm³/mol. The number of carbonyl (C=O) groups is 1. The summed E-state index contributed by atoms with van der Waals surface area (Å²) in [6.07, 6.45) is 0. The number of ether oxygens (including phenoxy) is 1. The molecule has 2 nitrogen and oxygen atoms in total. The van der Waals surface area contributed by atoms with Gasteiger partial charge in [0.15, 0.2) is 5.78 Å². The zero-order chi connectivity index (χ0) is 19.6. The second-order valence-electron chi connectivity index (χ2n) is 8.00. The molecule has 0 aliphatic heterocycles. The lowest BCUT2D eigenvalue weighted by molar-refractivity contribution is 0.103. The molecule has 3 aromatic rings. The van der Waals surface area contributed by atoms with Crippen LogP contribution in [0.4, 0.5) is 0 Å². The molecule has 0 aliphatic rings. The van der Waals surface area contributed by atoms with Crippen LogP contribution in [0.2, 0.25) is 0 Å². The third kappa shape index (κ3) is 4.28. The van der Waals surface area contributed by atoms with Crippen molar-refractivity contribution >= 4 is 5.78 Å². The Morgan fingerprint density at radius 2 is 1.30 bits per heavy atom. The Morgan fingerprint density at radius 1 is 0.778 bits per heavy atom. The van der Waals surface area contributed by atoms with Crippen molar-refractivity contribution in [3.8, 4) is 11.5 Å². The van der Waals surface area contributed by atoms with Crippen LogP contribution in [-0.4, -0.2) is 5.78 Å². The summed E-state index contributed by atoms with van der Waals surface area (Å²) in [4.78, 5) is 13.1. The standard InChI is InChI=1S/C25H26O2/c1-17-15-20(25(3,4)5)16-18(2)23(17)24(26)19-11-13-22(14-12-19)27-21-9-7-6-8-10-21/h6-16H,1-5H3. The number of hydrogen-bond donors (Lipinski definition) is 0. The van der Waals surface area contributed by atoms with Crippen molar-refractivity contribution in [2.45, 2.75) is 40.0 Å². The fourth-order valence-electron chi connectivity index (χ4n) is 3.20. The molecule has 0 fully saturated rings. The monoisotopic (exact) mass is 358 g/mol. The summed E-state index contributed by atoms with van der Waals surface area (Å²) >= 11 is 0. The van der Waals surface area contributed by atoms with Gasteiger partial charge >= 0.3 is 0 Å². The lowest BCUT2D eigenvalue weighted by Crippen LogP contribution is -2.14. The fraction of sp³-hybridized carbons (Fsp3) is 0.240. The van der Waals surface area contributed by atoms with Gasteiger partial charge in [-0.2, -0.15) is 0 Å². The predicted octanol–water partition coefficient (Wildman–Crippen LogP) is 6.62. The minimum absolute atomic E-state index is 0.0525. The van der Waals surface area contributed by atoms with E-state index in [2.05, 4.69) is 32.9 Å². The van der Waals surface area contributed by atoms with Gasteiger partial charge in [0.2, 0.25) is 0 Å². The Labute approximate surface area is 161 Å². The van der Waals surface area contributed by atoms with E-state index in [0.29, 0.717) is 11.3 Å². The van der Waals surface area contributed by atoms with Crippen LogP contribution in [0.25, 0.3) is 0 Å². The lowest BCUT2D eigenvalue weighted by atomic mass is 9.82. The summed E-state index contributed by atoms with van der Waals surface area (Å²) in [7, 11) is 0. The van der Waals surface area contributed by atoms with Crippen molar-refractivity contribution in [2.75, 3.05) is 0 Å². The maximum absolute atomic E-state index is 13.1. The zero-order valence-electron chi connectivity index (χ0n) is 16.7. The summed E-state index contributed by atoms with van der Waals surface area (Å²) < 4.78 is 5.81. The molecule has 0 N–H and O–H groups in total. The van der Waals surface area contributed by atoms with Gasteiger partial charge in [-0.15, -0.1) is 0 Å². The molecule has 0 saturated heterocycles. The van der Waals surface area contributed by atoms with Gasteiger partial charge in [-0.05, 0) is 72.4 Å². The van der Waals surface area contributed by atoms with Crippen molar-refractivity contribution < 1.29 is 9.53 Å². The number of aryl methyl sites for hydroxylation is 2. The Bertz CT molecular complexity index is 923. The molecule has 0 atom stereocenters. The van der Waals surface area contributed by atoms with Gasteiger partial charge in [-0.1, -0.05) is 51.1 Å². The zero-order valence-corrected chi connectivity index (χ0v) is 16.7. The van der Waals surface area contributed by atoms with Crippen LogP contribution >= 0.6 is 0 Å². The first kappa shape index (κ1) is 18.9. The number of hydrogen-bond acceptors (Lipinski definition) is 2. The van der Waals surface area contributed by atoms with Crippen molar-refractivity contribution in [1.29, 1.82) is 0 Å². The molecule has 0 amide bonds. The van der Waals surface area contributed by atoms with E-state index in [1.165, 1.54) is 5.56 Å². The number of para-hydroxylation sites is 1. The van der Waals surface area contributed by atoms with Gasteiger partial charge in [-0.25, -0.2) is 0 Å². The van der Waals surface area contributed by atoms with Crippen molar-refractivity contribution in [2.24, 2.45) is 0 Å². The van der Waals surface area contributed by atoms with Crippen LogP contribution in [0, 0.1) is 13.8 Å². The maximum atomic E-state index is 13.1.